The van der Waals surface area contributed by atoms with E-state index in [1.165, 1.54) is 85.2 Å². The molecule has 0 spiro atoms. The number of thiophene rings is 1. The molecule has 0 saturated carbocycles. The first-order valence-corrected chi connectivity index (χ1v) is 23.8. The minimum Gasteiger partial charge on any atom is -0.456 e. The van der Waals surface area contributed by atoms with Crippen molar-refractivity contribution in [2.45, 2.75) is 0 Å². The van der Waals surface area contributed by atoms with Crippen molar-refractivity contribution in [3.05, 3.63) is 212 Å². The van der Waals surface area contributed by atoms with E-state index in [4.69, 9.17) is 19.4 Å². The van der Waals surface area contributed by atoms with Crippen LogP contribution in [0.5, 0.6) is 0 Å². The number of nitrogens with zero attached hydrogens (tertiary/aromatic N) is 3. The van der Waals surface area contributed by atoms with Crippen LogP contribution in [0.2, 0.25) is 0 Å². The van der Waals surface area contributed by atoms with Crippen LogP contribution >= 0.6 is 11.3 Å². The van der Waals surface area contributed by atoms with Crippen molar-refractivity contribution < 1.29 is 4.42 Å². The highest BCUT2D eigenvalue weighted by Crippen LogP contribution is 2.50. The molecule has 0 amide bonds. The van der Waals surface area contributed by atoms with Crippen LogP contribution < -0.4 is 0 Å². The third-order valence-corrected chi connectivity index (χ3v) is 15.2. The Morgan fingerprint density at radius 1 is 0.294 bits per heavy atom. The quantitative estimate of drug-likeness (QED) is 0.165. The predicted molar refractivity (Wildman–Crippen MR) is 287 cm³/mol. The van der Waals surface area contributed by atoms with E-state index < -0.39 is 0 Å². The molecule has 0 fully saturated rings. The zero-order chi connectivity index (χ0) is 44.5. The van der Waals surface area contributed by atoms with Gasteiger partial charge in [-0.25, -0.2) is 15.0 Å². The van der Waals surface area contributed by atoms with Crippen molar-refractivity contribution in [2.75, 3.05) is 0 Å². The van der Waals surface area contributed by atoms with Crippen molar-refractivity contribution in [1.29, 1.82) is 0 Å². The smallest absolute Gasteiger partial charge is 0.164 e. The summed E-state index contributed by atoms with van der Waals surface area (Å²) in [5.41, 5.74) is 6.79. The fourth-order valence-electron chi connectivity index (χ4n) is 10.8. The zero-order valence-corrected chi connectivity index (χ0v) is 37.2. The van der Waals surface area contributed by atoms with Gasteiger partial charge in [-0.1, -0.05) is 164 Å². The Kier molecular flexibility index (Phi) is 7.91. The second-order valence-electron chi connectivity index (χ2n) is 17.9. The Balaban J connectivity index is 0.960. The first-order valence-electron chi connectivity index (χ1n) is 23.0. The van der Waals surface area contributed by atoms with Crippen LogP contribution in [0.4, 0.5) is 0 Å². The summed E-state index contributed by atoms with van der Waals surface area (Å²) in [5, 5.41) is 19.5. The van der Waals surface area contributed by atoms with Crippen LogP contribution in [0.1, 0.15) is 0 Å². The molecule has 15 rings (SSSR count). The van der Waals surface area contributed by atoms with E-state index in [0.717, 1.165) is 49.4 Å². The number of rotatable bonds is 4. The second kappa shape index (κ2) is 14.4. The highest BCUT2D eigenvalue weighted by molar-refractivity contribution is 7.27. The average molecular weight is 882 g/mol. The zero-order valence-electron chi connectivity index (χ0n) is 36.4. The van der Waals surface area contributed by atoms with Gasteiger partial charge in [-0.15, -0.1) is 11.3 Å². The van der Waals surface area contributed by atoms with Gasteiger partial charge in [0, 0.05) is 53.0 Å². The Morgan fingerprint density at radius 3 is 1.57 bits per heavy atom. The van der Waals surface area contributed by atoms with E-state index in [-0.39, 0.29) is 0 Å². The van der Waals surface area contributed by atoms with Crippen molar-refractivity contribution in [3.8, 4) is 45.3 Å². The summed E-state index contributed by atoms with van der Waals surface area (Å²) in [6.07, 6.45) is 0. The lowest BCUT2D eigenvalue weighted by Crippen LogP contribution is -2.00. The Hall–Kier alpha value is -8.77. The molecule has 12 aromatic carbocycles. The van der Waals surface area contributed by atoms with Gasteiger partial charge in [0.05, 0.1) is 0 Å². The normalized spacial score (nSPS) is 12.1. The van der Waals surface area contributed by atoms with Gasteiger partial charge < -0.3 is 4.42 Å². The van der Waals surface area contributed by atoms with Gasteiger partial charge in [-0.3, -0.25) is 0 Å². The van der Waals surface area contributed by atoms with E-state index in [1.807, 2.05) is 29.5 Å². The minimum atomic E-state index is 0.588. The monoisotopic (exact) mass is 881 g/mol. The van der Waals surface area contributed by atoms with E-state index in [1.54, 1.807) is 0 Å². The van der Waals surface area contributed by atoms with Gasteiger partial charge in [0.25, 0.3) is 0 Å². The molecule has 314 valence electrons. The van der Waals surface area contributed by atoms with Crippen molar-refractivity contribution in [3.63, 3.8) is 0 Å². The van der Waals surface area contributed by atoms with Crippen LogP contribution in [0.3, 0.4) is 0 Å². The molecule has 0 saturated heterocycles. The largest absolute Gasteiger partial charge is 0.456 e. The van der Waals surface area contributed by atoms with Gasteiger partial charge in [-0.2, -0.15) is 0 Å². The van der Waals surface area contributed by atoms with Crippen LogP contribution in [-0.2, 0) is 0 Å². The van der Waals surface area contributed by atoms with E-state index >= 15 is 0 Å². The molecule has 3 aromatic heterocycles. The Morgan fingerprint density at radius 2 is 0.824 bits per heavy atom. The molecular weight excluding hydrogens is 847 g/mol. The van der Waals surface area contributed by atoms with Crippen LogP contribution in [0.15, 0.2) is 217 Å². The standard InChI is InChI=1S/C63H35N3OS/c1-2-13-37-30-41(25-24-36(37)12-1)61-64-62(66-63(65-61)43-27-29-50-49-20-9-10-23-55(49)67-56(50)33-43)42-26-28-44-40(31-42)16-11-22-45(44)52-35-53-48-19-6-5-17-46(48)47-18-7-8-21-51(47)58(53)60-59(52)54-32-38-14-3-4-15-39(38)34-57(54)68-60/h1-35H. The first kappa shape index (κ1) is 37.5. The molecule has 0 aliphatic heterocycles. The summed E-state index contributed by atoms with van der Waals surface area (Å²) in [4.78, 5) is 15.6. The number of hydrogen-bond acceptors (Lipinski definition) is 5. The summed E-state index contributed by atoms with van der Waals surface area (Å²) >= 11 is 1.92. The van der Waals surface area contributed by atoms with Crippen molar-refractivity contribution in [1.82, 2.24) is 15.0 Å². The molecule has 0 bridgehead atoms. The number of fused-ring (bicyclic) bond motifs is 16. The molecule has 0 unspecified atom stereocenters. The number of benzene rings is 12. The SMILES string of the molecule is c1ccc2cc(-c3nc(-c4ccc5c(-c6cc7c8ccccc8c8ccccc8c7c7sc8cc9ccccc9cc8c67)cccc5c4)nc(-c4ccc5c(c4)oc4ccccc45)n3)ccc2c1. The lowest BCUT2D eigenvalue weighted by molar-refractivity contribution is 0.669. The minimum absolute atomic E-state index is 0.588. The van der Waals surface area contributed by atoms with Crippen LogP contribution in [-0.4, -0.2) is 15.0 Å². The van der Waals surface area contributed by atoms with Gasteiger partial charge in [0.2, 0.25) is 0 Å². The third kappa shape index (κ3) is 5.63. The maximum Gasteiger partial charge on any atom is 0.164 e. The summed E-state index contributed by atoms with van der Waals surface area (Å²) in [7, 11) is 0. The lowest BCUT2D eigenvalue weighted by Gasteiger charge is -2.16. The van der Waals surface area contributed by atoms with Gasteiger partial charge in [-0.05, 0) is 119 Å². The number of hydrogen-bond donors (Lipinski definition) is 0. The topological polar surface area (TPSA) is 51.8 Å². The maximum absolute atomic E-state index is 6.35. The first-order chi connectivity index (χ1) is 33.7. The van der Waals surface area contributed by atoms with Crippen LogP contribution in [0, 0.1) is 0 Å². The Labute approximate surface area is 393 Å². The molecule has 5 heteroatoms. The highest BCUT2D eigenvalue weighted by Gasteiger charge is 2.22. The summed E-state index contributed by atoms with van der Waals surface area (Å²) < 4.78 is 8.95. The number of furan rings is 1. The lowest BCUT2D eigenvalue weighted by atomic mass is 9.88. The molecule has 0 aliphatic carbocycles. The van der Waals surface area contributed by atoms with Gasteiger partial charge >= 0.3 is 0 Å². The molecule has 0 radical (unpaired) electrons. The van der Waals surface area contributed by atoms with Crippen molar-refractivity contribution in [2.24, 2.45) is 0 Å². The van der Waals surface area contributed by atoms with E-state index in [9.17, 15) is 0 Å². The third-order valence-electron chi connectivity index (χ3n) is 14.0. The number of aromatic nitrogens is 3. The second-order valence-corrected chi connectivity index (χ2v) is 18.9. The number of para-hydroxylation sites is 1. The summed E-state index contributed by atoms with van der Waals surface area (Å²) in [6, 6.07) is 76.4. The van der Waals surface area contributed by atoms with Gasteiger partial charge in [0.15, 0.2) is 17.5 Å². The molecule has 3 heterocycles. The predicted octanol–water partition coefficient (Wildman–Crippen LogP) is 17.7. The molecule has 0 atom stereocenters. The molecule has 4 nitrogen and oxygen atoms in total. The molecule has 0 aliphatic rings. The average Bonchev–Trinajstić information content (AvgIpc) is 3.97. The highest BCUT2D eigenvalue weighted by atomic mass is 32.1. The molecule has 68 heavy (non-hydrogen) atoms. The Bertz CT molecular complexity index is 4640. The fraction of sp³-hybridized carbons (Fsp3) is 0. The van der Waals surface area contributed by atoms with E-state index in [2.05, 4.69) is 194 Å². The summed E-state index contributed by atoms with van der Waals surface area (Å²) in [6.45, 7) is 0. The summed E-state index contributed by atoms with van der Waals surface area (Å²) in [5.74, 6) is 1.81. The maximum atomic E-state index is 6.35. The van der Waals surface area contributed by atoms with Crippen molar-refractivity contribution >= 4 is 118 Å². The van der Waals surface area contributed by atoms with Gasteiger partial charge in [0.1, 0.15) is 11.2 Å². The molecular formula is C63H35N3OS. The fourth-order valence-corrected chi connectivity index (χ4v) is 12.2. The molecule has 0 N–H and O–H groups in total. The van der Waals surface area contributed by atoms with Crippen LogP contribution in [0.25, 0.3) is 152 Å². The molecule has 15 aromatic rings. The van der Waals surface area contributed by atoms with E-state index in [0.29, 0.717) is 17.5 Å².